The highest BCUT2D eigenvalue weighted by molar-refractivity contribution is 7.89. The number of hydrogen-bond acceptors (Lipinski definition) is 4. The van der Waals surface area contributed by atoms with Crippen molar-refractivity contribution in [3.8, 4) is 0 Å². The van der Waals surface area contributed by atoms with Gasteiger partial charge in [0.15, 0.2) is 0 Å². The topological polar surface area (TPSA) is 109 Å². The minimum Gasteiger partial charge on any atom is -0.386 e. The lowest BCUT2D eigenvalue weighted by atomic mass is 10.1. The first-order chi connectivity index (χ1) is 9.90. The molecule has 1 aromatic heterocycles. The number of benzene rings is 1. The van der Waals surface area contributed by atoms with Gasteiger partial charge in [-0.1, -0.05) is 30.3 Å². The highest BCUT2D eigenvalue weighted by Crippen LogP contribution is 2.17. The molecule has 1 unspecified atom stereocenters. The predicted molar refractivity (Wildman–Crippen MR) is 75.6 cm³/mol. The van der Waals surface area contributed by atoms with Gasteiger partial charge < -0.3 is 5.73 Å². The Kier molecular flexibility index (Phi) is 4.29. The van der Waals surface area contributed by atoms with E-state index >= 15 is 0 Å². The molecule has 1 heterocycles. The Bertz CT molecular complexity index is 750. The molecular weight excluding hydrogens is 295 g/mol. The summed E-state index contributed by atoms with van der Waals surface area (Å²) < 4.78 is 39.8. The van der Waals surface area contributed by atoms with E-state index in [1.807, 2.05) is 0 Å². The molecule has 0 bridgehead atoms. The van der Waals surface area contributed by atoms with E-state index in [4.69, 9.17) is 11.1 Å². The number of halogens is 1. The summed E-state index contributed by atoms with van der Waals surface area (Å²) in [6.45, 7) is 0. The Morgan fingerprint density at radius 1 is 1.29 bits per heavy atom. The molecule has 2 rings (SSSR count). The number of nitrogens with one attached hydrogen (secondary N) is 2. The number of rotatable bonds is 5. The van der Waals surface area contributed by atoms with Crippen LogP contribution in [-0.4, -0.2) is 19.2 Å². The zero-order valence-electron chi connectivity index (χ0n) is 10.8. The summed E-state index contributed by atoms with van der Waals surface area (Å²) in [6.07, 6.45) is 1.92. The van der Waals surface area contributed by atoms with Crippen LogP contribution in [0.25, 0.3) is 0 Å². The van der Waals surface area contributed by atoms with Crippen LogP contribution in [0.3, 0.4) is 0 Å². The maximum Gasteiger partial charge on any atom is 0.243 e. The molecule has 0 aliphatic carbocycles. The highest BCUT2D eigenvalue weighted by Gasteiger charge is 2.24. The van der Waals surface area contributed by atoms with Gasteiger partial charge >= 0.3 is 0 Å². The van der Waals surface area contributed by atoms with Gasteiger partial charge in [-0.15, -0.1) is 0 Å². The first-order valence-electron chi connectivity index (χ1n) is 5.92. The Morgan fingerprint density at radius 2 is 1.95 bits per heavy atom. The second kappa shape index (κ2) is 5.98. The number of nitrogens with zero attached hydrogens (tertiary/aromatic N) is 1. The summed E-state index contributed by atoms with van der Waals surface area (Å²) in [4.78, 5) is 3.17. The normalized spacial score (nSPS) is 12.8. The lowest BCUT2D eigenvalue weighted by Crippen LogP contribution is -2.37. The van der Waals surface area contributed by atoms with E-state index in [1.165, 1.54) is 0 Å². The van der Waals surface area contributed by atoms with E-state index in [9.17, 15) is 12.8 Å². The Labute approximate surface area is 121 Å². The van der Waals surface area contributed by atoms with Gasteiger partial charge in [0.1, 0.15) is 22.6 Å². The quantitative estimate of drug-likeness (QED) is 0.569. The summed E-state index contributed by atoms with van der Waals surface area (Å²) in [5, 5.41) is 7.53. The van der Waals surface area contributed by atoms with Crippen molar-refractivity contribution >= 4 is 15.9 Å². The van der Waals surface area contributed by atoms with Crippen molar-refractivity contribution in [3.05, 3.63) is 60.2 Å². The first-order valence-corrected chi connectivity index (χ1v) is 7.40. The molecule has 1 atom stereocenters. The average molecular weight is 308 g/mol. The number of pyridine rings is 1. The van der Waals surface area contributed by atoms with Crippen LogP contribution >= 0.6 is 0 Å². The molecule has 0 amide bonds. The number of aromatic nitrogens is 1. The third-order valence-electron chi connectivity index (χ3n) is 2.71. The van der Waals surface area contributed by atoms with Gasteiger partial charge in [-0.05, 0) is 11.6 Å². The summed E-state index contributed by atoms with van der Waals surface area (Å²) >= 11 is 0. The molecule has 0 aliphatic heterocycles. The van der Waals surface area contributed by atoms with Crippen LogP contribution in [0.4, 0.5) is 4.39 Å². The molecule has 0 fully saturated rings. The molecule has 6 nitrogen and oxygen atoms in total. The van der Waals surface area contributed by atoms with Crippen LogP contribution < -0.4 is 10.5 Å². The monoisotopic (exact) mass is 308 g/mol. The highest BCUT2D eigenvalue weighted by atomic mass is 32.2. The smallest absolute Gasteiger partial charge is 0.243 e. The SMILES string of the molecule is N=C(N)C(NS(=O)(=O)c1cncc(F)c1)c1ccccc1. The molecular formula is C13H13FN4O2S. The van der Waals surface area contributed by atoms with Crippen LogP contribution in [0, 0.1) is 11.2 Å². The third-order valence-corrected chi connectivity index (χ3v) is 4.10. The van der Waals surface area contributed by atoms with Gasteiger partial charge in [-0.3, -0.25) is 10.4 Å². The lowest BCUT2D eigenvalue weighted by Gasteiger charge is -2.17. The third kappa shape index (κ3) is 3.61. The Hall–Kier alpha value is -2.32. The molecule has 110 valence electrons. The second-order valence-electron chi connectivity index (χ2n) is 4.26. The zero-order chi connectivity index (χ0) is 15.5. The lowest BCUT2D eigenvalue weighted by molar-refractivity contribution is 0.571. The maximum atomic E-state index is 13.1. The van der Waals surface area contributed by atoms with E-state index in [-0.39, 0.29) is 10.7 Å². The molecule has 1 aromatic carbocycles. The maximum absolute atomic E-state index is 13.1. The number of nitrogens with two attached hydrogens (primary N) is 1. The molecule has 0 saturated heterocycles. The van der Waals surface area contributed by atoms with Crippen LogP contribution in [-0.2, 0) is 10.0 Å². The van der Waals surface area contributed by atoms with Gasteiger partial charge in [0.25, 0.3) is 0 Å². The molecule has 0 spiro atoms. The number of sulfonamides is 1. The van der Waals surface area contributed by atoms with Crippen molar-refractivity contribution in [2.75, 3.05) is 0 Å². The van der Waals surface area contributed by atoms with Crippen LogP contribution in [0.15, 0.2) is 53.7 Å². The van der Waals surface area contributed by atoms with Gasteiger partial charge in [-0.2, -0.15) is 4.72 Å². The average Bonchev–Trinajstić information content (AvgIpc) is 2.45. The first kappa shape index (κ1) is 15.1. The van der Waals surface area contributed by atoms with Crippen molar-refractivity contribution in [3.63, 3.8) is 0 Å². The standard InChI is InChI=1S/C13H13FN4O2S/c14-10-6-11(8-17-7-10)21(19,20)18-12(13(15)16)9-4-2-1-3-5-9/h1-8,12,18H,(H3,15,16). The van der Waals surface area contributed by atoms with Gasteiger partial charge in [0.2, 0.25) is 10.0 Å². The van der Waals surface area contributed by atoms with Gasteiger partial charge in [-0.25, -0.2) is 12.8 Å². The molecule has 0 radical (unpaired) electrons. The van der Waals surface area contributed by atoms with Crippen molar-refractivity contribution < 1.29 is 12.8 Å². The van der Waals surface area contributed by atoms with E-state index in [0.717, 1.165) is 18.5 Å². The Morgan fingerprint density at radius 3 is 2.52 bits per heavy atom. The fraction of sp³-hybridized carbons (Fsp3) is 0.0769. The molecule has 21 heavy (non-hydrogen) atoms. The fourth-order valence-electron chi connectivity index (χ4n) is 1.72. The van der Waals surface area contributed by atoms with Crippen LogP contribution in [0.1, 0.15) is 11.6 Å². The number of hydrogen-bond donors (Lipinski definition) is 3. The molecule has 0 aliphatic rings. The minimum absolute atomic E-state index is 0.329. The van der Waals surface area contributed by atoms with Gasteiger partial charge in [0, 0.05) is 6.20 Å². The predicted octanol–water partition coefficient (Wildman–Crippen LogP) is 1.18. The zero-order valence-corrected chi connectivity index (χ0v) is 11.6. The second-order valence-corrected chi connectivity index (χ2v) is 5.97. The fourth-order valence-corrected chi connectivity index (χ4v) is 2.90. The van der Waals surface area contributed by atoms with E-state index in [0.29, 0.717) is 5.56 Å². The largest absolute Gasteiger partial charge is 0.386 e. The van der Waals surface area contributed by atoms with Crippen molar-refractivity contribution in [1.82, 2.24) is 9.71 Å². The summed E-state index contributed by atoms with van der Waals surface area (Å²) in [6, 6.07) is 8.24. The summed E-state index contributed by atoms with van der Waals surface area (Å²) in [5.74, 6) is -1.13. The summed E-state index contributed by atoms with van der Waals surface area (Å²) in [7, 11) is -4.05. The van der Waals surface area contributed by atoms with E-state index < -0.39 is 21.9 Å². The van der Waals surface area contributed by atoms with E-state index in [2.05, 4.69) is 9.71 Å². The molecule has 0 saturated carbocycles. The summed E-state index contributed by atoms with van der Waals surface area (Å²) in [5.41, 5.74) is 5.96. The van der Waals surface area contributed by atoms with Crippen LogP contribution in [0.5, 0.6) is 0 Å². The van der Waals surface area contributed by atoms with E-state index in [1.54, 1.807) is 30.3 Å². The van der Waals surface area contributed by atoms with Crippen molar-refractivity contribution in [2.24, 2.45) is 5.73 Å². The van der Waals surface area contributed by atoms with Crippen molar-refractivity contribution in [1.29, 1.82) is 5.41 Å². The molecule has 8 heteroatoms. The van der Waals surface area contributed by atoms with Gasteiger partial charge in [0.05, 0.1) is 6.20 Å². The van der Waals surface area contributed by atoms with Crippen LogP contribution in [0.2, 0.25) is 0 Å². The molecule has 2 aromatic rings. The van der Waals surface area contributed by atoms with Crippen molar-refractivity contribution in [2.45, 2.75) is 10.9 Å². The molecule has 4 N–H and O–H groups in total. The number of amidine groups is 1. The minimum atomic E-state index is -4.05. The Balaban J connectivity index is 2.35.